The van der Waals surface area contributed by atoms with Crippen molar-refractivity contribution in [3.8, 4) is 6.07 Å². The molecular formula is C25H19Cl2F3NO4-. The number of nitrogens with zero attached hydrogens (tertiary/aromatic N) is 1. The standard InChI is InChI=1S/C9H6FNO.C8H6ClFO.C8H7FO2.ClH/c1-6-3-2-4-7(10)9(6)8(12)5-11;1-5-3-2-4-6(10)7(5)8(9)11;1-5-3-2-4-6(9)7(5)8(10)11;/h2-4H,1H3;2-4H,1H3;2-4H,1H3,(H,10,11);1H/p-1. The molecule has 0 amide bonds. The number of Topliss-reactive ketones (excluding diaryl/α,β-unsaturated/α-hetero) is 1. The van der Waals surface area contributed by atoms with Gasteiger partial charge in [-0.1, -0.05) is 36.4 Å². The highest BCUT2D eigenvalue weighted by molar-refractivity contribution is 6.67. The predicted octanol–water partition coefficient (Wildman–Crippen LogP) is 3.19. The lowest BCUT2D eigenvalue weighted by Crippen LogP contribution is -3.00. The second-order valence-electron chi connectivity index (χ2n) is 6.81. The predicted molar refractivity (Wildman–Crippen MR) is 120 cm³/mol. The van der Waals surface area contributed by atoms with E-state index in [2.05, 4.69) is 0 Å². The summed E-state index contributed by atoms with van der Waals surface area (Å²) >= 11 is 5.13. The molecule has 0 aliphatic rings. The Morgan fingerprint density at radius 3 is 1.31 bits per heavy atom. The van der Waals surface area contributed by atoms with Crippen LogP contribution in [0.1, 0.15) is 47.8 Å². The van der Waals surface area contributed by atoms with Crippen LogP contribution in [0.5, 0.6) is 0 Å². The minimum atomic E-state index is -1.22. The van der Waals surface area contributed by atoms with E-state index in [0.717, 1.165) is 12.1 Å². The molecule has 5 nitrogen and oxygen atoms in total. The van der Waals surface area contributed by atoms with Crippen LogP contribution in [0.3, 0.4) is 0 Å². The first kappa shape index (κ1) is 31.3. The summed E-state index contributed by atoms with van der Waals surface area (Å²) in [4.78, 5) is 31.9. The molecule has 3 rings (SSSR count). The quantitative estimate of drug-likeness (QED) is 0.322. The summed E-state index contributed by atoms with van der Waals surface area (Å²) in [5.41, 5.74) is 1.09. The summed E-state index contributed by atoms with van der Waals surface area (Å²) in [6.07, 6.45) is 0. The number of carbonyl (C=O) groups is 3. The highest BCUT2D eigenvalue weighted by Crippen LogP contribution is 2.15. The number of hydrogen-bond donors (Lipinski definition) is 1. The summed E-state index contributed by atoms with van der Waals surface area (Å²) in [5.74, 6) is -3.93. The van der Waals surface area contributed by atoms with Crippen molar-refractivity contribution in [1.29, 1.82) is 5.26 Å². The maximum Gasteiger partial charge on any atom is 0.338 e. The van der Waals surface area contributed by atoms with Crippen LogP contribution in [0, 0.1) is 49.6 Å². The molecule has 0 aliphatic carbocycles. The largest absolute Gasteiger partial charge is 1.00 e. The number of nitriles is 1. The van der Waals surface area contributed by atoms with E-state index in [1.807, 2.05) is 0 Å². The molecule has 0 heterocycles. The SMILES string of the molecule is Cc1cccc(F)c1C(=O)C#N.Cc1cccc(F)c1C(=O)Cl.Cc1cccc(F)c1C(=O)O.[Cl-]. The normalized spacial score (nSPS) is 9.20. The van der Waals surface area contributed by atoms with Crippen LogP contribution in [0.25, 0.3) is 0 Å². The zero-order valence-electron chi connectivity index (χ0n) is 18.7. The van der Waals surface area contributed by atoms with Gasteiger partial charge < -0.3 is 17.5 Å². The maximum absolute atomic E-state index is 12.9. The molecule has 3 aromatic carbocycles. The van der Waals surface area contributed by atoms with Crippen LogP contribution in [0.15, 0.2) is 54.6 Å². The second-order valence-corrected chi connectivity index (χ2v) is 7.16. The summed E-state index contributed by atoms with van der Waals surface area (Å²) in [6, 6.07) is 14.2. The van der Waals surface area contributed by atoms with Gasteiger partial charge in [-0.3, -0.25) is 9.59 Å². The topological polar surface area (TPSA) is 95.2 Å². The third-order valence-corrected chi connectivity index (χ3v) is 4.59. The molecule has 0 bridgehead atoms. The summed E-state index contributed by atoms with van der Waals surface area (Å²) in [5, 5.41) is 16.0. The Hall–Kier alpha value is -3.67. The molecule has 0 saturated carbocycles. The zero-order chi connectivity index (χ0) is 26.0. The molecule has 1 N–H and O–H groups in total. The van der Waals surface area contributed by atoms with E-state index < -0.39 is 34.4 Å². The van der Waals surface area contributed by atoms with Gasteiger partial charge in [0.1, 0.15) is 23.5 Å². The first-order valence-corrected chi connectivity index (χ1v) is 9.93. The molecule has 0 radical (unpaired) electrons. The van der Waals surface area contributed by atoms with Crippen molar-refractivity contribution < 1.29 is 45.1 Å². The monoisotopic (exact) mass is 524 g/mol. The molecule has 184 valence electrons. The van der Waals surface area contributed by atoms with Gasteiger partial charge in [-0.25, -0.2) is 18.0 Å². The van der Waals surface area contributed by atoms with Gasteiger partial charge in [0.2, 0.25) is 0 Å². The number of carboxylic acid groups (broad SMARTS) is 1. The molecule has 3 aromatic rings. The van der Waals surface area contributed by atoms with Crippen LogP contribution in [-0.4, -0.2) is 22.1 Å². The first-order chi connectivity index (χ1) is 15.9. The van der Waals surface area contributed by atoms with Crippen molar-refractivity contribution in [2.75, 3.05) is 0 Å². The lowest BCUT2D eigenvalue weighted by Gasteiger charge is -1.99. The molecule has 0 atom stereocenters. The van der Waals surface area contributed by atoms with E-state index in [1.165, 1.54) is 30.3 Å². The van der Waals surface area contributed by atoms with Gasteiger partial charge in [0.25, 0.3) is 11.0 Å². The highest BCUT2D eigenvalue weighted by Gasteiger charge is 2.13. The third-order valence-electron chi connectivity index (χ3n) is 4.40. The number of aromatic carboxylic acids is 1. The Kier molecular flexibility index (Phi) is 13.0. The molecule has 0 aromatic heterocycles. The fourth-order valence-electron chi connectivity index (χ4n) is 2.76. The lowest BCUT2D eigenvalue weighted by molar-refractivity contribution is -0.0000394. The van der Waals surface area contributed by atoms with Crippen molar-refractivity contribution in [1.82, 2.24) is 0 Å². The van der Waals surface area contributed by atoms with E-state index in [4.69, 9.17) is 22.0 Å². The fourth-order valence-corrected chi connectivity index (χ4v) is 3.00. The van der Waals surface area contributed by atoms with Crippen molar-refractivity contribution in [3.63, 3.8) is 0 Å². The van der Waals surface area contributed by atoms with Gasteiger partial charge in [-0.05, 0) is 67.3 Å². The van der Waals surface area contributed by atoms with E-state index >= 15 is 0 Å². The maximum atomic E-state index is 12.9. The Labute approximate surface area is 211 Å². The van der Waals surface area contributed by atoms with Crippen LogP contribution in [-0.2, 0) is 0 Å². The summed E-state index contributed by atoms with van der Waals surface area (Å²) in [7, 11) is 0. The van der Waals surface area contributed by atoms with Gasteiger partial charge in [0, 0.05) is 0 Å². The zero-order valence-corrected chi connectivity index (χ0v) is 20.2. The van der Waals surface area contributed by atoms with Gasteiger partial charge in [-0.2, -0.15) is 5.26 Å². The Bertz CT molecular complexity index is 1150. The Morgan fingerprint density at radius 2 is 1.09 bits per heavy atom. The highest BCUT2D eigenvalue weighted by atomic mass is 35.5. The van der Waals surface area contributed by atoms with E-state index in [-0.39, 0.29) is 29.1 Å². The number of ketones is 1. The number of carbonyl (C=O) groups excluding carboxylic acids is 2. The van der Waals surface area contributed by atoms with Crippen molar-refractivity contribution >= 4 is 28.6 Å². The molecule has 0 fully saturated rings. The van der Waals surface area contributed by atoms with Gasteiger partial charge in [0.05, 0.1) is 16.7 Å². The number of rotatable bonds is 3. The van der Waals surface area contributed by atoms with Crippen molar-refractivity contribution in [2.24, 2.45) is 0 Å². The molecule has 35 heavy (non-hydrogen) atoms. The van der Waals surface area contributed by atoms with Crippen molar-refractivity contribution in [3.05, 3.63) is 105 Å². The lowest BCUT2D eigenvalue weighted by atomic mass is 10.1. The number of hydrogen-bond acceptors (Lipinski definition) is 4. The van der Waals surface area contributed by atoms with Gasteiger partial charge >= 0.3 is 5.97 Å². The Morgan fingerprint density at radius 1 is 0.743 bits per heavy atom. The van der Waals surface area contributed by atoms with Crippen LogP contribution >= 0.6 is 11.6 Å². The third kappa shape index (κ3) is 8.89. The number of halogens is 5. The number of carboxylic acids is 1. The number of aryl methyl sites for hydroxylation is 3. The average molecular weight is 525 g/mol. The minimum Gasteiger partial charge on any atom is -1.00 e. The molecule has 0 unspecified atom stereocenters. The van der Waals surface area contributed by atoms with E-state index in [9.17, 15) is 27.6 Å². The molecule has 0 saturated heterocycles. The second kappa shape index (κ2) is 14.6. The molecule has 10 heteroatoms. The van der Waals surface area contributed by atoms with Crippen LogP contribution < -0.4 is 12.4 Å². The first-order valence-electron chi connectivity index (χ1n) is 9.55. The molecular weight excluding hydrogens is 506 g/mol. The Balaban J connectivity index is 0.000000489. The minimum absolute atomic E-state index is 0. The fraction of sp³-hybridized carbons (Fsp3) is 0.120. The van der Waals surface area contributed by atoms with Crippen LogP contribution in [0.2, 0.25) is 0 Å². The van der Waals surface area contributed by atoms with Gasteiger partial charge in [0.15, 0.2) is 0 Å². The van der Waals surface area contributed by atoms with Crippen molar-refractivity contribution in [2.45, 2.75) is 20.8 Å². The summed E-state index contributed by atoms with van der Waals surface area (Å²) < 4.78 is 38.4. The number of benzene rings is 3. The van der Waals surface area contributed by atoms with Crippen LogP contribution in [0.4, 0.5) is 13.2 Å². The summed E-state index contributed by atoms with van der Waals surface area (Å²) in [6.45, 7) is 4.79. The van der Waals surface area contributed by atoms with E-state index in [0.29, 0.717) is 16.7 Å². The molecule has 0 aliphatic heterocycles. The smallest absolute Gasteiger partial charge is 0.338 e. The van der Waals surface area contributed by atoms with Gasteiger partial charge in [-0.15, -0.1) is 0 Å². The average Bonchev–Trinajstić information content (AvgIpc) is 2.73. The molecule has 0 spiro atoms. The van der Waals surface area contributed by atoms with E-state index in [1.54, 1.807) is 39.0 Å².